The van der Waals surface area contributed by atoms with E-state index < -0.39 is 11.6 Å². The van der Waals surface area contributed by atoms with Gasteiger partial charge >= 0.3 is 0 Å². The largest absolute Gasteiger partial charge is 0.507 e. The normalized spacial score (nSPS) is 25.7. The van der Waals surface area contributed by atoms with E-state index >= 15 is 0 Å². The van der Waals surface area contributed by atoms with Crippen LogP contribution < -0.4 is 4.74 Å². The van der Waals surface area contributed by atoms with E-state index in [1.54, 1.807) is 13.0 Å². The molecule has 0 aromatic heterocycles. The molecule has 3 atom stereocenters. The minimum absolute atomic E-state index is 0.0439. The second kappa shape index (κ2) is 7.08. The van der Waals surface area contributed by atoms with Gasteiger partial charge in [-0.1, -0.05) is 48.1 Å². The molecule has 0 spiro atoms. The van der Waals surface area contributed by atoms with E-state index in [1.165, 1.54) is 12.1 Å². The van der Waals surface area contributed by atoms with Gasteiger partial charge < -0.3 is 20.1 Å². The van der Waals surface area contributed by atoms with E-state index in [0.29, 0.717) is 12.0 Å². The maximum Gasteiger partial charge on any atom is 0.209 e. The highest BCUT2D eigenvalue weighted by molar-refractivity contribution is 6.11. The van der Waals surface area contributed by atoms with Crippen LogP contribution in [0.15, 0.2) is 54.1 Å². The Morgan fingerprint density at radius 1 is 1.21 bits per heavy atom. The van der Waals surface area contributed by atoms with Crippen molar-refractivity contribution in [2.75, 3.05) is 0 Å². The van der Waals surface area contributed by atoms with Crippen LogP contribution in [-0.4, -0.2) is 26.9 Å². The Balaban J connectivity index is 1.83. The van der Waals surface area contributed by atoms with Crippen molar-refractivity contribution in [3.05, 3.63) is 70.8 Å². The fourth-order valence-electron chi connectivity index (χ4n) is 4.37. The van der Waals surface area contributed by atoms with Crippen molar-refractivity contribution in [3.8, 4) is 17.2 Å². The molecule has 1 heterocycles. The quantitative estimate of drug-likeness (QED) is 0.406. The van der Waals surface area contributed by atoms with E-state index in [-0.39, 0.29) is 34.6 Å². The number of rotatable bonds is 3. The van der Waals surface area contributed by atoms with Crippen LogP contribution in [0.4, 0.5) is 0 Å². The summed E-state index contributed by atoms with van der Waals surface area (Å²) in [5, 5.41) is 32.0. The molecular weight excluding hydrogens is 368 g/mol. The van der Waals surface area contributed by atoms with Gasteiger partial charge in [0.2, 0.25) is 5.79 Å². The van der Waals surface area contributed by atoms with E-state index in [0.717, 1.165) is 17.6 Å². The zero-order valence-electron chi connectivity index (χ0n) is 16.4. The van der Waals surface area contributed by atoms with Crippen LogP contribution >= 0.6 is 0 Å². The van der Waals surface area contributed by atoms with Gasteiger partial charge in [-0.15, -0.1) is 0 Å². The molecule has 5 nitrogen and oxygen atoms in total. The lowest BCUT2D eigenvalue weighted by atomic mass is 9.71. The monoisotopic (exact) mass is 392 g/mol. The first-order valence-corrected chi connectivity index (χ1v) is 9.73. The second-order valence-electron chi connectivity index (χ2n) is 7.98. The Morgan fingerprint density at radius 2 is 1.93 bits per heavy atom. The molecule has 1 aliphatic carbocycles. The van der Waals surface area contributed by atoms with Crippen LogP contribution in [0.1, 0.15) is 54.1 Å². The molecule has 0 saturated heterocycles. The fourth-order valence-corrected chi connectivity index (χ4v) is 4.37. The van der Waals surface area contributed by atoms with Gasteiger partial charge in [-0.2, -0.15) is 0 Å². The van der Waals surface area contributed by atoms with E-state index in [9.17, 15) is 20.1 Å². The molecule has 29 heavy (non-hydrogen) atoms. The zero-order valence-corrected chi connectivity index (χ0v) is 16.4. The predicted molar refractivity (Wildman–Crippen MR) is 110 cm³/mol. The van der Waals surface area contributed by atoms with Gasteiger partial charge in [-0.3, -0.25) is 4.79 Å². The number of phenols is 2. The molecule has 2 aromatic carbocycles. The summed E-state index contributed by atoms with van der Waals surface area (Å²) >= 11 is 0. The number of hydrogen-bond donors (Lipinski definition) is 3. The lowest BCUT2D eigenvalue weighted by Gasteiger charge is -2.45. The third-order valence-corrected chi connectivity index (χ3v) is 5.83. The maximum atomic E-state index is 13.0. The highest BCUT2D eigenvalue weighted by atomic mass is 16.6. The number of allylic oxidation sites excluding steroid dienone is 3. The van der Waals surface area contributed by atoms with Crippen molar-refractivity contribution in [2.45, 2.75) is 38.4 Å². The lowest BCUT2D eigenvalue weighted by Crippen LogP contribution is -2.47. The summed E-state index contributed by atoms with van der Waals surface area (Å²) in [5.41, 5.74) is 2.38. The first-order chi connectivity index (χ1) is 13.8. The van der Waals surface area contributed by atoms with Gasteiger partial charge in [0.05, 0.1) is 0 Å². The number of carbonyl (C=O) groups is 1. The summed E-state index contributed by atoms with van der Waals surface area (Å²) in [6.07, 6.45) is 6.55. The minimum Gasteiger partial charge on any atom is -0.507 e. The van der Waals surface area contributed by atoms with Gasteiger partial charge in [0.15, 0.2) is 5.78 Å². The van der Waals surface area contributed by atoms with Crippen molar-refractivity contribution < 1.29 is 24.9 Å². The average Bonchev–Trinajstić information content (AvgIpc) is 2.66. The third-order valence-electron chi connectivity index (χ3n) is 5.83. The molecule has 2 aromatic rings. The molecule has 3 unspecified atom stereocenters. The second-order valence-corrected chi connectivity index (χ2v) is 7.98. The molecule has 0 fully saturated rings. The number of aromatic hydroxyl groups is 2. The average molecular weight is 392 g/mol. The van der Waals surface area contributed by atoms with E-state index in [4.69, 9.17) is 4.74 Å². The molecule has 5 heteroatoms. The number of aliphatic hydroxyl groups is 1. The van der Waals surface area contributed by atoms with Gasteiger partial charge in [0, 0.05) is 30.4 Å². The van der Waals surface area contributed by atoms with Crippen LogP contribution in [0.2, 0.25) is 0 Å². The van der Waals surface area contributed by atoms with Crippen molar-refractivity contribution in [2.24, 2.45) is 5.92 Å². The van der Waals surface area contributed by atoms with Gasteiger partial charge in [0.25, 0.3) is 0 Å². The number of benzene rings is 2. The predicted octanol–water partition coefficient (Wildman–Crippen LogP) is 4.53. The van der Waals surface area contributed by atoms with Gasteiger partial charge in [-0.05, 0) is 31.4 Å². The number of phenolic OH excluding ortho intramolecular Hbond substituents is 2. The van der Waals surface area contributed by atoms with E-state index in [2.05, 4.69) is 0 Å². The van der Waals surface area contributed by atoms with Crippen LogP contribution in [0.5, 0.6) is 17.2 Å². The van der Waals surface area contributed by atoms with Crippen LogP contribution in [0, 0.1) is 5.92 Å². The van der Waals surface area contributed by atoms with Crippen LogP contribution in [0.3, 0.4) is 0 Å². The number of ketones is 1. The summed E-state index contributed by atoms with van der Waals surface area (Å²) < 4.78 is 5.84. The highest BCUT2D eigenvalue weighted by Crippen LogP contribution is 2.55. The molecule has 150 valence electrons. The van der Waals surface area contributed by atoms with Gasteiger partial charge in [0.1, 0.15) is 22.8 Å². The van der Waals surface area contributed by atoms with Crippen molar-refractivity contribution in [1.29, 1.82) is 0 Å². The molecule has 4 rings (SSSR count). The Labute approximate surface area is 169 Å². The SMILES string of the molecule is CC1=CC2c3c(O)cc(O)c(C(=O)C=Cc4ccccc4)c3OC(C)(O)C2CC1. The summed E-state index contributed by atoms with van der Waals surface area (Å²) in [5.74, 6) is -3.01. The third kappa shape index (κ3) is 3.42. The van der Waals surface area contributed by atoms with Crippen molar-refractivity contribution >= 4 is 11.9 Å². The first-order valence-electron chi connectivity index (χ1n) is 9.73. The molecule has 2 aliphatic rings. The topological polar surface area (TPSA) is 87.0 Å². The molecule has 0 saturated carbocycles. The zero-order chi connectivity index (χ0) is 20.8. The number of hydrogen-bond acceptors (Lipinski definition) is 5. The summed E-state index contributed by atoms with van der Waals surface area (Å²) in [6.45, 7) is 3.57. The Kier molecular flexibility index (Phi) is 4.71. The van der Waals surface area contributed by atoms with Crippen molar-refractivity contribution in [3.63, 3.8) is 0 Å². The smallest absolute Gasteiger partial charge is 0.209 e. The Hall–Kier alpha value is -3.05. The Morgan fingerprint density at radius 3 is 2.66 bits per heavy atom. The number of ether oxygens (including phenoxy) is 1. The highest BCUT2D eigenvalue weighted by Gasteiger charge is 2.48. The summed E-state index contributed by atoms with van der Waals surface area (Å²) in [4.78, 5) is 13.0. The lowest BCUT2D eigenvalue weighted by molar-refractivity contribution is -0.179. The van der Waals surface area contributed by atoms with Crippen molar-refractivity contribution in [1.82, 2.24) is 0 Å². The molecule has 1 aliphatic heterocycles. The summed E-state index contributed by atoms with van der Waals surface area (Å²) in [7, 11) is 0. The fraction of sp³-hybridized carbons (Fsp3) is 0.292. The molecule has 0 bridgehead atoms. The summed E-state index contributed by atoms with van der Waals surface area (Å²) in [6, 6.07) is 10.5. The first kappa shape index (κ1) is 19.3. The molecular formula is C24H24O5. The van der Waals surface area contributed by atoms with Crippen LogP contribution in [0.25, 0.3) is 6.08 Å². The van der Waals surface area contributed by atoms with Crippen LogP contribution in [-0.2, 0) is 0 Å². The molecule has 3 N–H and O–H groups in total. The molecule has 0 radical (unpaired) electrons. The maximum absolute atomic E-state index is 13.0. The number of fused-ring (bicyclic) bond motifs is 3. The molecule has 0 amide bonds. The standard InChI is InChI=1S/C24H24O5/c1-14-8-10-17-16(12-14)21-19(26)13-20(27)22(23(21)29-24(17,2)28)18(25)11-9-15-6-4-3-5-7-15/h3-7,9,11-13,16-17,26-28H,8,10H2,1-2H3. The number of carbonyl (C=O) groups excluding carboxylic acids is 1. The minimum atomic E-state index is -1.52. The Bertz CT molecular complexity index is 1020. The van der Waals surface area contributed by atoms with Gasteiger partial charge in [-0.25, -0.2) is 0 Å². The van der Waals surface area contributed by atoms with E-state index in [1.807, 2.05) is 43.3 Å².